The topological polar surface area (TPSA) is 68.1 Å². The molecule has 1 N–H and O–H groups in total. The van der Waals surface area contributed by atoms with Crippen LogP contribution >= 0.6 is 27.3 Å². The van der Waals surface area contributed by atoms with Gasteiger partial charge in [0.05, 0.1) is 11.5 Å². The summed E-state index contributed by atoms with van der Waals surface area (Å²) in [5.41, 5.74) is -0.0379. The first-order valence-electron chi connectivity index (χ1n) is 4.73. The van der Waals surface area contributed by atoms with Crippen LogP contribution in [0.2, 0.25) is 0 Å². The molecule has 0 aliphatic heterocycles. The molecule has 2 aromatic heterocycles. The molecule has 2 heterocycles. The molecule has 0 amide bonds. The summed E-state index contributed by atoms with van der Waals surface area (Å²) in [5, 5.41) is 15.8. The van der Waals surface area contributed by atoms with Gasteiger partial charge in [0.25, 0.3) is 0 Å². The number of nitrogens with zero attached hydrogens (tertiary/aromatic N) is 2. The smallest absolute Gasteiger partial charge is 0.325 e. The molecule has 0 bridgehead atoms. The van der Waals surface area contributed by atoms with Gasteiger partial charge < -0.3 is 5.32 Å². The lowest BCUT2D eigenvalue weighted by molar-refractivity contribution is -0.385. The number of aromatic nitrogens is 1. The average Bonchev–Trinajstić information content (AvgIpc) is 2.78. The molecule has 0 radical (unpaired) electrons. The summed E-state index contributed by atoms with van der Waals surface area (Å²) < 4.78 is 0.422. The maximum atomic E-state index is 10.9. The van der Waals surface area contributed by atoms with Gasteiger partial charge in [0.15, 0.2) is 0 Å². The fourth-order valence-corrected chi connectivity index (χ4v) is 2.41. The Hall–Kier alpha value is -1.47. The lowest BCUT2D eigenvalue weighted by Crippen LogP contribution is -2.04. The molecule has 0 aliphatic rings. The molecule has 0 unspecified atom stereocenters. The van der Waals surface area contributed by atoms with Gasteiger partial charge >= 0.3 is 5.69 Å². The summed E-state index contributed by atoms with van der Waals surface area (Å²) >= 11 is 4.74. The van der Waals surface area contributed by atoms with E-state index in [0.29, 0.717) is 11.0 Å². The third-order valence-corrected chi connectivity index (χ3v) is 3.58. The fourth-order valence-electron chi connectivity index (χ4n) is 1.32. The summed E-state index contributed by atoms with van der Waals surface area (Å²) in [4.78, 5) is 15.5. The van der Waals surface area contributed by atoms with E-state index in [-0.39, 0.29) is 11.5 Å². The van der Waals surface area contributed by atoms with Crippen LogP contribution in [0.5, 0.6) is 0 Å². The van der Waals surface area contributed by atoms with Crippen LogP contribution in [0.4, 0.5) is 11.5 Å². The van der Waals surface area contributed by atoms with Crippen LogP contribution in [0.15, 0.2) is 34.2 Å². The maximum Gasteiger partial charge on any atom is 0.325 e. The van der Waals surface area contributed by atoms with Gasteiger partial charge in [0.2, 0.25) is 5.82 Å². The van der Waals surface area contributed by atoms with Crippen molar-refractivity contribution in [2.45, 2.75) is 6.54 Å². The molecule has 5 nitrogen and oxygen atoms in total. The molecule has 7 heteroatoms. The van der Waals surface area contributed by atoms with Crippen molar-refractivity contribution in [2.24, 2.45) is 0 Å². The fraction of sp³-hybridized carbons (Fsp3) is 0.100. The van der Waals surface area contributed by atoms with Gasteiger partial charge in [-0.1, -0.05) is 6.07 Å². The van der Waals surface area contributed by atoms with Crippen molar-refractivity contribution < 1.29 is 4.92 Å². The van der Waals surface area contributed by atoms with E-state index in [1.807, 2.05) is 17.5 Å². The molecule has 2 aromatic rings. The van der Waals surface area contributed by atoms with Crippen LogP contribution in [0.25, 0.3) is 0 Å². The number of nitro groups is 1. The van der Waals surface area contributed by atoms with Gasteiger partial charge in [-0.15, -0.1) is 11.3 Å². The van der Waals surface area contributed by atoms with Crippen LogP contribution in [0.3, 0.4) is 0 Å². The van der Waals surface area contributed by atoms with Gasteiger partial charge in [0, 0.05) is 11.1 Å². The number of pyridine rings is 1. The van der Waals surface area contributed by atoms with Gasteiger partial charge in [0.1, 0.15) is 4.47 Å². The summed E-state index contributed by atoms with van der Waals surface area (Å²) in [7, 11) is 0. The summed E-state index contributed by atoms with van der Waals surface area (Å²) in [6, 6.07) is 5.44. The second kappa shape index (κ2) is 5.24. The lowest BCUT2D eigenvalue weighted by Gasteiger charge is -2.05. The van der Waals surface area contributed by atoms with Crippen molar-refractivity contribution in [1.82, 2.24) is 4.98 Å². The Morgan fingerprint density at radius 3 is 3.00 bits per heavy atom. The average molecular weight is 314 g/mol. The molecule has 0 saturated heterocycles. The SMILES string of the molecule is O=[N+]([O-])c1c(Br)ccnc1NCc1cccs1. The minimum Gasteiger partial charge on any atom is -0.359 e. The zero-order valence-corrected chi connectivity index (χ0v) is 11.0. The van der Waals surface area contributed by atoms with Gasteiger partial charge in [-0.2, -0.15) is 0 Å². The van der Waals surface area contributed by atoms with Crippen LogP contribution in [0.1, 0.15) is 4.88 Å². The highest BCUT2D eigenvalue weighted by Gasteiger charge is 2.19. The van der Waals surface area contributed by atoms with E-state index in [4.69, 9.17) is 0 Å². The highest BCUT2D eigenvalue weighted by atomic mass is 79.9. The monoisotopic (exact) mass is 313 g/mol. The Labute approximate surface area is 110 Å². The number of rotatable bonds is 4. The third kappa shape index (κ3) is 2.80. The molecule has 0 spiro atoms. The maximum absolute atomic E-state index is 10.9. The molecule has 2 rings (SSSR count). The molecule has 0 aliphatic carbocycles. The first-order valence-corrected chi connectivity index (χ1v) is 6.41. The van der Waals surface area contributed by atoms with Gasteiger partial charge in [-0.05, 0) is 33.4 Å². The van der Waals surface area contributed by atoms with Crippen LogP contribution < -0.4 is 5.32 Å². The van der Waals surface area contributed by atoms with E-state index >= 15 is 0 Å². The minimum absolute atomic E-state index is 0.0379. The summed E-state index contributed by atoms with van der Waals surface area (Å²) in [5.74, 6) is 0.276. The van der Waals surface area contributed by atoms with Crippen molar-refractivity contribution >= 4 is 38.8 Å². The second-order valence-electron chi connectivity index (χ2n) is 3.18. The predicted molar refractivity (Wildman–Crippen MR) is 70.2 cm³/mol. The van der Waals surface area contributed by atoms with E-state index in [2.05, 4.69) is 26.2 Å². The van der Waals surface area contributed by atoms with Gasteiger partial charge in [-0.25, -0.2) is 4.98 Å². The number of hydrogen-bond acceptors (Lipinski definition) is 5. The van der Waals surface area contributed by atoms with E-state index in [1.165, 1.54) is 6.20 Å². The number of halogens is 1. The van der Waals surface area contributed by atoms with Crippen molar-refractivity contribution in [3.63, 3.8) is 0 Å². The molecule has 17 heavy (non-hydrogen) atoms. The normalized spacial score (nSPS) is 10.2. The largest absolute Gasteiger partial charge is 0.359 e. The molecular weight excluding hydrogens is 306 g/mol. The Balaban J connectivity index is 2.21. The molecule has 0 atom stereocenters. The van der Waals surface area contributed by atoms with E-state index < -0.39 is 4.92 Å². The Morgan fingerprint density at radius 2 is 2.35 bits per heavy atom. The second-order valence-corrected chi connectivity index (χ2v) is 5.07. The van der Waals surface area contributed by atoms with Gasteiger partial charge in [-0.3, -0.25) is 10.1 Å². The van der Waals surface area contributed by atoms with Crippen LogP contribution in [0, 0.1) is 10.1 Å². The number of thiophene rings is 1. The Morgan fingerprint density at radius 1 is 1.53 bits per heavy atom. The summed E-state index contributed by atoms with van der Waals surface area (Å²) in [6.45, 7) is 0.530. The van der Waals surface area contributed by atoms with Crippen molar-refractivity contribution in [3.05, 3.63) is 49.2 Å². The van der Waals surface area contributed by atoms with Crippen molar-refractivity contribution in [1.29, 1.82) is 0 Å². The zero-order chi connectivity index (χ0) is 12.3. The number of nitrogens with one attached hydrogen (secondary N) is 1. The highest BCUT2D eigenvalue weighted by molar-refractivity contribution is 9.10. The Kier molecular flexibility index (Phi) is 3.70. The van der Waals surface area contributed by atoms with E-state index in [1.54, 1.807) is 17.4 Å². The quantitative estimate of drug-likeness (QED) is 0.693. The molecule has 0 saturated carbocycles. The van der Waals surface area contributed by atoms with Crippen LogP contribution in [-0.2, 0) is 6.54 Å². The highest BCUT2D eigenvalue weighted by Crippen LogP contribution is 2.30. The van der Waals surface area contributed by atoms with Crippen molar-refractivity contribution in [2.75, 3.05) is 5.32 Å². The number of hydrogen-bond donors (Lipinski definition) is 1. The van der Waals surface area contributed by atoms with E-state index in [0.717, 1.165) is 4.88 Å². The first-order chi connectivity index (χ1) is 8.18. The van der Waals surface area contributed by atoms with Crippen molar-refractivity contribution in [3.8, 4) is 0 Å². The van der Waals surface area contributed by atoms with E-state index in [9.17, 15) is 10.1 Å². The first kappa shape index (κ1) is 12.0. The summed E-state index contributed by atoms with van der Waals surface area (Å²) in [6.07, 6.45) is 1.52. The lowest BCUT2D eigenvalue weighted by atomic mass is 10.4. The predicted octanol–water partition coefficient (Wildman–Crippen LogP) is 3.43. The standard InChI is InChI=1S/C10H8BrN3O2S/c11-8-3-4-12-10(9(8)14(15)16)13-6-7-2-1-5-17-7/h1-5H,6H2,(H,12,13). The number of anilines is 1. The minimum atomic E-state index is -0.451. The molecular formula is C10H8BrN3O2S. The molecule has 0 fully saturated rings. The Bertz CT molecular complexity index is 530. The molecule has 88 valence electrons. The van der Waals surface area contributed by atoms with Crippen LogP contribution in [-0.4, -0.2) is 9.91 Å². The third-order valence-electron chi connectivity index (χ3n) is 2.07. The molecule has 0 aromatic carbocycles. The zero-order valence-electron chi connectivity index (χ0n) is 8.59.